The molecule has 2 N–H and O–H groups in total. The second kappa shape index (κ2) is 5.66. The highest BCUT2D eigenvalue weighted by Crippen LogP contribution is 2.20. The first-order valence-electron chi connectivity index (χ1n) is 5.44. The summed E-state index contributed by atoms with van der Waals surface area (Å²) in [4.78, 5) is 26.3. The molecule has 1 aromatic carbocycles. The summed E-state index contributed by atoms with van der Waals surface area (Å²) in [6.07, 6.45) is 1.08. The Hall–Kier alpha value is -2.47. The molecule has 1 amide bonds. The molecular formula is C13H8ClFN2O3. The highest BCUT2D eigenvalue weighted by molar-refractivity contribution is 6.34. The van der Waals surface area contributed by atoms with Crippen molar-refractivity contribution in [2.24, 2.45) is 0 Å². The van der Waals surface area contributed by atoms with Crippen LogP contribution in [0.15, 0.2) is 36.5 Å². The lowest BCUT2D eigenvalue weighted by Gasteiger charge is -2.07. The van der Waals surface area contributed by atoms with Crippen LogP contribution in [0.3, 0.4) is 0 Å². The second-order valence-electron chi connectivity index (χ2n) is 3.79. The lowest BCUT2D eigenvalue weighted by molar-refractivity contribution is 0.0696. The molecule has 0 bridgehead atoms. The zero-order valence-electron chi connectivity index (χ0n) is 9.93. The molecule has 0 aliphatic carbocycles. The van der Waals surface area contributed by atoms with Gasteiger partial charge in [-0.05, 0) is 24.3 Å². The average molecular weight is 295 g/mol. The van der Waals surface area contributed by atoms with Gasteiger partial charge >= 0.3 is 5.97 Å². The number of halogens is 2. The maximum absolute atomic E-state index is 13.5. The number of hydrogen-bond donors (Lipinski definition) is 2. The quantitative estimate of drug-likeness (QED) is 0.912. The summed E-state index contributed by atoms with van der Waals surface area (Å²) in [6, 6.07) is 6.46. The highest BCUT2D eigenvalue weighted by atomic mass is 35.5. The maximum Gasteiger partial charge on any atom is 0.337 e. The summed E-state index contributed by atoms with van der Waals surface area (Å²) in [5.74, 6) is -2.55. The standard InChI is InChI=1S/C13H8ClFN2O3/c14-8-2-1-3-9(15)11(8)12(18)17-10-5-4-7(6-16-10)13(19)20/h1-6H,(H,19,20)(H,16,17,18). The van der Waals surface area contributed by atoms with Crippen molar-refractivity contribution in [2.75, 3.05) is 5.32 Å². The van der Waals surface area contributed by atoms with Gasteiger partial charge in [0.25, 0.3) is 5.91 Å². The van der Waals surface area contributed by atoms with Crippen molar-refractivity contribution in [1.82, 2.24) is 4.98 Å². The van der Waals surface area contributed by atoms with Crippen molar-refractivity contribution in [3.63, 3.8) is 0 Å². The number of anilines is 1. The van der Waals surface area contributed by atoms with Crippen LogP contribution in [-0.2, 0) is 0 Å². The Labute approximate surface area is 118 Å². The fourth-order valence-corrected chi connectivity index (χ4v) is 1.74. The third-order valence-electron chi connectivity index (χ3n) is 2.44. The Morgan fingerprint density at radius 1 is 1.25 bits per heavy atom. The van der Waals surface area contributed by atoms with Gasteiger partial charge in [-0.1, -0.05) is 17.7 Å². The van der Waals surface area contributed by atoms with E-state index in [0.717, 1.165) is 12.3 Å². The molecule has 0 unspecified atom stereocenters. The number of aromatic carboxylic acids is 1. The van der Waals surface area contributed by atoms with Crippen LogP contribution in [0, 0.1) is 5.82 Å². The summed E-state index contributed by atoms with van der Waals surface area (Å²) in [5.41, 5.74) is -0.315. The summed E-state index contributed by atoms with van der Waals surface area (Å²) in [6.45, 7) is 0. The van der Waals surface area contributed by atoms with Crippen LogP contribution < -0.4 is 5.32 Å². The van der Waals surface area contributed by atoms with E-state index in [2.05, 4.69) is 10.3 Å². The number of aromatic nitrogens is 1. The molecule has 1 aromatic heterocycles. The zero-order valence-corrected chi connectivity index (χ0v) is 10.7. The lowest BCUT2D eigenvalue weighted by Crippen LogP contribution is -2.15. The molecule has 0 saturated carbocycles. The number of carboxylic acids is 1. The molecule has 0 spiro atoms. The molecule has 1 heterocycles. The first-order valence-corrected chi connectivity index (χ1v) is 5.81. The third-order valence-corrected chi connectivity index (χ3v) is 2.76. The maximum atomic E-state index is 13.5. The van der Waals surface area contributed by atoms with E-state index in [4.69, 9.17) is 16.7 Å². The molecule has 0 aliphatic heterocycles. The normalized spacial score (nSPS) is 10.1. The Morgan fingerprint density at radius 2 is 2.00 bits per heavy atom. The fraction of sp³-hybridized carbons (Fsp3) is 0. The Balaban J connectivity index is 2.21. The number of hydrogen-bond acceptors (Lipinski definition) is 3. The van der Waals surface area contributed by atoms with Gasteiger partial charge in [0, 0.05) is 6.20 Å². The molecule has 0 atom stereocenters. The topological polar surface area (TPSA) is 79.3 Å². The van der Waals surface area contributed by atoms with Crippen molar-refractivity contribution in [1.29, 1.82) is 0 Å². The van der Waals surface area contributed by atoms with Crippen molar-refractivity contribution < 1.29 is 19.1 Å². The predicted octanol–water partition coefficient (Wildman–Crippen LogP) is 2.82. The minimum Gasteiger partial charge on any atom is -0.478 e. The monoisotopic (exact) mass is 294 g/mol. The van der Waals surface area contributed by atoms with Crippen LogP contribution in [0.25, 0.3) is 0 Å². The van der Waals surface area contributed by atoms with Crippen molar-refractivity contribution in [2.45, 2.75) is 0 Å². The largest absolute Gasteiger partial charge is 0.478 e. The van der Waals surface area contributed by atoms with Crippen LogP contribution in [-0.4, -0.2) is 22.0 Å². The van der Waals surface area contributed by atoms with E-state index < -0.39 is 17.7 Å². The molecule has 2 aromatic rings. The van der Waals surface area contributed by atoms with E-state index >= 15 is 0 Å². The van der Waals surface area contributed by atoms with Gasteiger partial charge in [0.2, 0.25) is 0 Å². The van der Waals surface area contributed by atoms with Gasteiger partial charge in [-0.3, -0.25) is 4.79 Å². The van der Waals surface area contributed by atoms with Crippen LogP contribution >= 0.6 is 11.6 Å². The number of nitrogens with zero attached hydrogens (tertiary/aromatic N) is 1. The van der Waals surface area contributed by atoms with Crippen LogP contribution in [0.2, 0.25) is 5.02 Å². The lowest BCUT2D eigenvalue weighted by atomic mass is 10.2. The zero-order chi connectivity index (χ0) is 14.7. The number of rotatable bonds is 3. The van der Waals surface area contributed by atoms with Crippen molar-refractivity contribution in [3.05, 3.63) is 58.5 Å². The number of benzene rings is 1. The highest BCUT2D eigenvalue weighted by Gasteiger charge is 2.16. The minimum absolute atomic E-state index is 0.0214. The SMILES string of the molecule is O=C(O)c1ccc(NC(=O)c2c(F)cccc2Cl)nc1. The van der Waals surface area contributed by atoms with Gasteiger partial charge in [0.15, 0.2) is 0 Å². The first-order chi connectivity index (χ1) is 9.49. The summed E-state index contributed by atoms with van der Waals surface area (Å²) in [5, 5.41) is 11.0. The number of amides is 1. The molecule has 0 aliphatic rings. The molecule has 0 radical (unpaired) electrons. The average Bonchev–Trinajstić information content (AvgIpc) is 2.39. The van der Waals surface area contributed by atoms with Crippen LogP contribution in [0.5, 0.6) is 0 Å². The van der Waals surface area contributed by atoms with E-state index in [1.165, 1.54) is 24.3 Å². The van der Waals surface area contributed by atoms with E-state index in [-0.39, 0.29) is 22.0 Å². The first kappa shape index (κ1) is 14.0. The number of carbonyl (C=O) groups excluding carboxylic acids is 1. The van der Waals surface area contributed by atoms with E-state index in [0.29, 0.717) is 0 Å². The molecule has 0 fully saturated rings. The number of nitrogens with one attached hydrogen (secondary N) is 1. The number of carboxylic acid groups (broad SMARTS) is 1. The predicted molar refractivity (Wildman–Crippen MR) is 70.6 cm³/mol. The van der Waals surface area contributed by atoms with Gasteiger partial charge in [-0.25, -0.2) is 14.2 Å². The molecular weight excluding hydrogens is 287 g/mol. The minimum atomic E-state index is -1.13. The summed E-state index contributed by atoms with van der Waals surface area (Å²) >= 11 is 5.76. The molecule has 20 heavy (non-hydrogen) atoms. The molecule has 2 rings (SSSR count). The van der Waals surface area contributed by atoms with Gasteiger partial charge in [0.05, 0.1) is 16.1 Å². The second-order valence-corrected chi connectivity index (χ2v) is 4.20. The van der Waals surface area contributed by atoms with Gasteiger partial charge in [0.1, 0.15) is 11.6 Å². The van der Waals surface area contributed by atoms with E-state index in [9.17, 15) is 14.0 Å². The van der Waals surface area contributed by atoms with E-state index in [1.54, 1.807) is 0 Å². The van der Waals surface area contributed by atoms with Gasteiger partial charge in [-0.2, -0.15) is 0 Å². The van der Waals surface area contributed by atoms with Crippen LogP contribution in [0.1, 0.15) is 20.7 Å². The van der Waals surface area contributed by atoms with Gasteiger partial charge in [-0.15, -0.1) is 0 Å². The molecule has 5 nitrogen and oxygen atoms in total. The Bertz CT molecular complexity index is 654. The van der Waals surface area contributed by atoms with Crippen molar-refractivity contribution in [3.8, 4) is 0 Å². The number of pyridine rings is 1. The van der Waals surface area contributed by atoms with Gasteiger partial charge < -0.3 is 10.4 Å². The van der Waals surface area contributed by atoms with Crippen molar-refractivity contribution >= 4 is 29.3 Å². The third kappa shape index (κ3) is 2.92. The molecule has 102 valence electrons. The molecule has 0 saturated heterocycles. The number of carbonyl (C=O) groups is 2. The summed E-state index contributed by atoms with van der Waals surface area (Å²) < 4.78 is 13.5. The van der Waals surface area contributed by atoms with Crippen LogP contribution in [0.4, 0.5) is 10.2 Å². The Kier molecular flexibility index (Phi) is 3.95. The smallest absolute Gasteiger partial charge is 0.337 e. The van der Waals surface area contributed by atoms with E-state index in [1.807, 2.05) is 0 Å². The fourth-order valence-electron chi connectivity index (χ4n) is 1.49. The molecule has 7 heteroatoms. The Morgan fingerprint density at radius 3 is 2.55 bits per heavy atom. The summed E-state index contributed by atoms with van der Waals surface area (Å²) in [7, 11) is 0.